The predicted molar refractivity (Wildman–Crippen MR) is 85.7 cm³/mol. The van der Waals surface area contributed by atoms with Crippen molar-refractivity contribution in [3.05, 3.63) is 29.3 Å². The Bertz CT molecular complexity index is 439. The van der Waals surface area contributed by atoms with Crippen LogP contribution in [-0.2, 0) is 0 Å². The van der Waals surface area contributed by atoms with E-state index in [4.69, 9.17) is 16.3 Å². The van der Waals surface area contributed by atoms with E-state index in [0.29, 0.717) is 0 Å². The van der Waals surface area contributed by atoms with Crippen molar-refractivity contribution in [2.24, 2.45) is 11.8 Å². The van der Waals surface area contributed by atoms with Gasteiger partial charge in [0.2, 0.25) is 0 Å². The summed E-state index contributed by atoms with van der Waals surface area (Å²) in [6, 6.07) is 6.23. The van der Waals surface area contributed by atoms with Gasteiger partial charge in [0.05, 0.1) is 12.5 Å². The molecule has 1 aliphatic heterocycles. The summed E-state index contributed by atoms with van der Waals surface area (Å²) in [5, 5.41) is -0.0117. The molecule has 2 nitrogen and oxygen atoms in total. The second-order valence-electron chi connectivity index (χ2n) is 6.38. The van der Waals surface area contributed by atoms with E-state index < -0.39 is 0 Å². The summed E-state index contributed by atoms with van der Waals surface area (Å²) in [4.78, 5) is 2.50. The van der Waals surface area contributed by atoms with Crippen molar-refractivity contribution in [2.45, 2.75) is 32.6 Å². The van der Waals surface area contributed by atoms with E-state index in [9.17, 15) is 0 Å². The zero-order chi connectivity index (χ0) is 14.7. The lowest BCUT2D eigenvalue weighted by atomic mass is 9.91. The zero-order valence-electron chi connectivity index (χ0n) is 13.0. The number of piperidine rings is 1. The Balaban J connectivity index is 2.07. The van der Waals surface area contributed by atoms with Gasteiger partial charge in [0.15, 0.2) is 0 Å². The average molecular weight is 296 g/mol. The first-order valence-corrected chi connectivity index (χ1v) is 7.94. The van der Waals surface area contributed by atoms with Gasteiger partial charge in [-0.25, -0.2) is 0 Å². The van der Waals surface area contributed by atoms with Crippen LogP contribution in [0.2, 0.25) is 0 Å². The number of nitrogens with zero attached hydrogens (tertiary/aromatic N) is 1. The van der Waals surface area contributed by atoms with E-state index >= 15 is 0 Å². The number of hydrogen-bond donors (Lipinski definition) is 0. The molecule has 20 heavy (non-hydrogen) atoms. The van der Waals surface area contributed by atoms with E-state index in [1.807, 2.05) is 6.07 Å². The van der Waals surface area contributed by atoms with Crippen LogP contribution in [0, 0.1) is 18.8 Å². The van der Waals surface area contributed by atoms with Crippen LogP contribution < -0.4 is 4.74 Å². The van der Waals surface area contributed by atoms with Gasteiger partial charge in [0.1, 0.15) is 5.75 Å². The molecule has 112 valence electrons. The minimum Gasteiger partial charge on any atom is -0.496 e. The Hall–Kier alpha value is -0.730. The molecular formula is C17H26ClNO. The lowest BCUT2D eigenvalue weighted by Crippen LogP contribution is -2.40. The Labute approximate surface area is 128 Å². The highest BCUT2D eigenvalue weighted by Gasteiger charge is 2.25. The van der Waals surface area contributed by atoms with Crippen molar-refractivity contribution in [2.75, 3.05) is 26.7 Å². The topological polar surface area (TPSA) is 12.5 Å². The second-order valence-corrected chi connectivity index (χ2v) is 6.90. The SMILES string of the molecule is COc1ccc(C)cc1C(Cl)CN1CC(C)CC(C)C1. The molecule has 1 fully saturated rings. The number of rotatable bonds is 4. The predicted octanol–water partition coefficient (Wildman–Crippen LogP) is 4.26. The Kier molecular flexibility index (Phi) is 5.34. The quantitative estimate of drug-likeness (QED) is 0.770. The molecule has 0 radical (unpaired) electrons. The van der Waals surface area contributed by atoms with Crippen LogP contribution in [-0.4, -0.2) is 31.6 Å². The summed E-state index contributed by atoms with van der Waals surface area (Å²) >= 11 is 6.67. The summed E-state index contributed by atoms with van der Waals surface area (Å²) < 4.78 is 5.45. The maximum absolute atomic E-state index is 6.67. The fraction of sp³-hybridized carbons (Fsp3) is 0.647. The zero-order valence-corrected chi connectivity index (χ0v) is 13.8. The Morgan fingerprint density at radius 2 is 1.95 bits per heavy atom. The number of hydrogen-bond acceptors (Lipinski definition) is 2. The van der Waals surface area contributed by atoms with Crippen molar-refractivity contribution in [1.29, 1.82) is 0 Å². The summed E-state index contributed by atoms with van der Waals surface area (Å²) in [6.07, 6.45) is 1.33. The van der Waals surface area contributed by atoms with Crippen molar-refractivity contribution < 1.29 is 4.74 Å². The van der Waals surface area contributed by atoms with E-state index in [2.05, 4.69) is 37.8 Å². The number of aryl methyl sites for hydroxylation is 1. The molecular weight excluding hydrogens is 270 g/mol. The van der Waals surface area contributed by atoms with Gasteiger partial charge in [-0.05, 0) is 31.2 Å². The van der Waals surface area contributed by atoms with Crippen LogP contribution in [0.1, 0.15) is 36.8 Å². The molecule has 0 amide bonds. The normalized spacial score (nSPS) is 25.4. The molecule has 3 atom stereocenters. The fourth-order valence-corrected chi connectivity index (χ4v) is 3.73. The summed E-state index contributed by atoms with van der Waals surface area (Å²) in [5.41, 5.74) is 2.34. The monoisotopic (exact) mass is 295 g/mol. The highest BCUT2D eigenvalue weighted by Crippen LogP contribution is 2.32. The largest absolute Gasteiger partial charge is 0.496 e. The van der Waals surface area contributed by atoms with E-state index in [1.54, 1.807) is 7.11 Å². The third-order valence-electron chi connectivity index (χ3n) is 4.09. The number of benzene rings is 1. The van der Waals surface area contributed by atoms with Gasteiger partial charge >= 0.3 is 0 Å². The molecule has 2 rings (SSSR count). The van der Waals surface area contributed by atoms with Crippen LogP contribution in [0.25, 0.3) is 0 Å². The summed E-state index contributed by atoms with van der Waals surface area (Å²) in [6.45, 7) is 9.97. The first-order valence-electron chi connectivity index (χ1n) is 7.50. The van der Waals surface area contributed by atoms with Gasteiger partial charge in [0.25, 0.3) is 0 Å². The molecule has 0 N–H and O–H groups in total. The van der Waals surface area contributed by atoms with Crippen LogP contribution >= 0.6 is 11.6 Å². The lowest BCUT2D eigenvalue weighted by molar-refractivity contribution is 0.141. The number of halogens is 1. The average Bonchev–Trinajstić information content (AvgIpc) is 2.37. The number of likely N-dealkylation sites (tertiary alicyclic amines) is 1. The maximum atomic E-state index is 6.67. The van der Waals surface area contributed by atoms with Crippen molar-refractivity contribution >= 4 is 11.6 Å². The smallest absolute Gasteiger partial charge is 0.123 e. The molecule has 1 aromatic rings. The standard InChI is InChI=1S/C17H26ClNO/c1-12-5-6-17(20-4)15(8-12)16(18)11-19-9-13(2)7-14(3)10-19/h5-6,8,13-14,16H,7,9-11H2,1-4H3. The summed E-state index contributed by atoms with van der Waals surface area (Å²) in [5.74, 6) is 2.43. The van der Waals surface area contributed by atoms with Gasteiger partial charge in [0, 0.05) is 25.2 Å². The Morgan fingerprint density at radius 1 is 1.30 bits per heavy atom. The van der Waals surface area contributed by atoms with Crippen LogP contribution in [0.4, 0.5) is 0 Å². The van der Waals surface area contributed by atoms with Crippen molar-refractivity contribution in [1.82, 2.24) is 4.90 Å². The molecule has 0 bridgehead atoms. The van der Waals surface area contributed by atoms with E-state index in [0.717, 1.165) is 42.8 Å². The molecule has 1 aromatic carbocycles. The first kappa shape index (κ1) is 15.7. The lowest BCUT2D eigenvalue weighted by Gasteiger charge is -2.36. The van der Waals surface area contributed by atoms with Crippen LogP contribution in [0.3, 0.4) is 0 Å². The van der Waals surface area contributed by atoms with E-state index in [1.165, 1.54) is 12.0 Å². The fourth-order valence-electron chi connectivity index (χ4n) is 3.36. The van der Waals surface area contributed by atoms with Gasteiger partial charge in [-0.2, -0.15) is 0 Å². The minimum atomic E-state index is -0.0117. The molecule has 0 aliphatic carbocycles. The molecule has 0 saturated carbocycles. The molecule has 1 saturated heterocycles. The minimum absolute atomic E-state index is 0.0117. The van der Waals surface area contributed by atoms with E-state index in [-0.39, 0.29) is 5.38 Å². The third-order valence-corrected chi connectivity index (χ3v) is 4.46. The molecule has 3 unspecified atom stereocenters. The van der Waals surface area contributed by atoms with Crippen molar-refractivity contribution in [3.8, 4) is 5.75 Å². The van der Waals surface area contributed by atoms with Crippen molar-refractivity contribution in [3.63, 3.8) is 0 Å². The summed E-state index contributed by atoms with van der Waals surface area (Å²) in [7, 11) is 1.71. The Morgan fingerprint density at radius 3 is 2.55 bits per heavy atom. The number of alkyl halides is 1. The number of methoxy groups -OCH3 is 1. The molecule has 1 aliphatic rings. The van der Waals surface area contributed by atoms with Gasteiger partial charge in [-0.3, -0.25) is 0 Å². The second kappa shape index (κ2) is 6.82. The van der Waals surface area contributed by atoms with Gasteiger partial charge < -0.3 is 9.64 Å². The molecule has 0 spiro atoms. The van der Waals surface area contributed by atoms with Crippen LogP contribution in [0.5, 0.6) is 5.75 Å². The highest BCUT2D eigenvalue weighted by atomic mass is 35.5. The van der Waals surface area contributed by atoms with Crippen LogP contribution in [0.15, 0.2) is 18.2 Å². The maximum Gasteiger partial charge on any atom is 0.123 e. The molecule has 0 aromatic heterocycles. The highest BCUT2D eigenvalue weighted by molar-refractivity contribution is 6.21. The number of ether oxygens (including phenoxy) is 1. The molecule has 1 heterocycles. The van der Waals surface area contributed by atoms with Gasteiger partial charge in [-0.15, -0.1) is 11.6 Å². The molecule has 3 heteroatoms. The first-order chi connectivity index (χ1) is 9.49. The third kappa shape index (κ3) is 3.89. The van der Waals surface area contributed by atoms with Gasteiger partial charge in [-0.1, -0.05) is 31.5 Å².